The van der Waals surface area contributed by atoms with Gasteiger partial charge in [0.1, 0.15) is 0 Å². The van der Waals surface area contributed by atoms with Crippen molar-refractivity contribution in [2.45, 2.75) is 24.9 Å². The van der Waals surface area contributed by atoms with Crippen LogP contribution in [0.15, 0.2) is 0 Å². The van der Waals surface area contributed by atoms with Crippen LogP contribution in [0.2, 0.25) is 0 Å². The van der Waals surface area contributed by atoms with Crippen LogP contribution in [0, 0.1) is 0 Å². The van der Waals surface area contributed by atoms with Crippen LogP contribution in [0.25, 0.3) is 0 Å². The number of rotatable bonds is 4. The van der Waals surface area contributed by atoms with Crippen molar-refractivity contribution in [3.05, 3.63) is 0 Å². The number of aliphatic hydroxyl groups is 2. The van der Waals surface area contributed by atoms with E-state index >= 15 is 0 Å². The Hall–Kier alpha value is -0.160. The van der Waals surface area contributed by atoms with E-state index in [-0.39, 0.29) is 19.3 Å². The first-order valence-corrected chi connectivity index (χ1v) is 4.55. The predicted molar refractivity (Wildman–Crippen MR) is 47.0 cm³/mol. The minimum Gasteiger partial charge on any atom is -0.395 e. The number of hydrogen-bond donors (Lipinski definition) is 4. The molecule has 4 heteroatoms. The maximum atomic E-state index is 8.81. The van der Waals surface area contributed by atoms with Gasteiger partial charge in [0, 0.05) is 12.6 Å². The molecular formula is C8H18N2O2. The van der Waals surface area contributed by atoms with Crippen LogP contribution in [0.3, 0.4) is 0 Å². The molecule has 0 bridgehead atoms. The van der Waals surface area contributed by atoms with Crippen molar-refractivity contribution in [2.24, 2.45) is 0 Å². The van der Waals surface area contributed by atoms with E-state index in [1.807, 2.05) is 0 Å². The predicted octanol–water partition coefficient (Wildman–Crippen LogP) is -1.32. The first kappa shape index (κ1) is 9.92. The van der Waals surface area contributed by atoms with Crippen molar-refractivity contribution in [1.82, 2.24) is 10.6 Å². The summed E-state index contributed by atoms with van der Waals surface area (Å²) < 4.78 is 0. The molecule has 1 aliphatic heterocycles. The molecule has 1 fully saturated rings. The summed E-state index contributed by atoms with van der Waals surface area (Å²) in [6.07, 6.45) is 2.30. The molecule has 12 heavy (non-hydrogen) atoms. The number of aliphatic hydroxyl groups excluding tert-OH is 2. The third-order valence-corrected chi connectivity index (χ3v) is 2.21. The molecule has 0 aromatic carbocycles. The lowest BCUT2D eigenvalue weighted by atomic mass is 10.1. The van der Waals surface area contributed by atoms with Gasteiger partial charge in [0.15, 0.2) is 0 Å². The fourth-order valence-electron chi connectivity index (χ4n) is 1.49. The van der Waals surface area contributed by atoms with Crippen LogP contribution in [0.5, 0.6) is 0 Å². The van der Waals surface area contributed by atoms with Crippen molar-refractivity contribution in [3.63, 3.8) is 0 Å². The molecule has 0 aromatic heterocycles. The SMILES string of the molecule is OCC(CO)NC1CCCNC1. The van der Waals surface area contributed by atoms with E-state index in [9.17, 15) is 0 Å². The average Bonchev–Trinajstić information content (AvgIpc) is 2.16. The van der Waals surface area contributed by atoms with E-state index in [2.05, 4.69) is 10.6 Å². The second-order valence-corrected chi connectivity index (χ2v) is 3.27. The zero-order chi connectivity index (χ0) is 8.81. The van der Waals surface area contributed by atoms with Gasteiger partial charge in [-0.15, -0.1) is 0 Å². The van der Waals surface area contributed by atoms with Crippen molar-refractivity contribution in [1.29, 1.82) is 0 Å². The minimum atomic E-state index is -0.158. The van der Waals surface area contributed by atoms with Crippen molar-refractivity contribution in [3.8, 4) is 0 Å². The molecule has 4 N–H and O–H groups in total. The van der Waals surface area contributed by atoms with E-state index in [0.29, 0.717) is 6.04 Å². The molecule has 1 rings (SSSR count). The average molecular weight is 174 g/mol. The summed E-state index contributed by atoms with van der Waals surface area (Å²) in [6, 6.07) is 0.248. The summed E-state index contributed by atoms with van der Waals surface area (Å²) in [5.41, 5.74) is 0. The van der Waals surface area contributed by atoms with Crippen LogP contribution in [-0.4, -0.2) is 48.6 Å². The van der Waals surface area contributed by atoms with Crippen LogP contribution in [0.4, 0.5) is 0 Å². The molecule has 1 aliphatic rings. The Kier molecular flexibility index (Phi) is 4.53. The smallest absolute Gasteiger partial charge is 0.0607 e. The lowest BCUT2D eigenvalue weighted by molar-refractivity contribution is 0.157. The third-order valence-electron chi connectivity index (χ3n) is 2.21. The van der Waals surface area contributed by atoms with E-state index in [1.54, 1.807) is 0 Å². The molecule has 0 aliphatic carbocycles. The van der Waals surface area contributed by atoms with Gasteiger partial charge in [-0.25, -0.2) is 0 Å². The van der Waals surface area contributed by atoms with Gasteiger partial charge in [-0.2, -0.15) is 0 Å². The zero-order valence-electron chi connectivity index (χ0n) is 7.29. The molecule has 1 heterocycles. The maximum absolute atomic E-state index is 8.81. The van der Waals surface area contributed by atoms with Gasteiger partial charge < -0.3 is 20.8 Å². The minimum absolute atomic E-state index is 0.00694. The van der Waals surface area contributed by atoms with Crippen molar-refractivity contribution < 1.29 is 10.2 Å². The zero-order valence-corrected chi connectivity index (χ0v) is 7.29. The first-order chi connectivity index (χ1) is 5.86. The summed E-state index contributed by atoms with van der Waals surface area (Å²) in [5, 5.41) is 24.1. The largest absolute Gasteiger partial charge is 0.395 e. The Morgan fingerprint density at radius 2 is 2.17 bits per heavy atom. The van der Waals surface area contributed by atoms with E-state index in [1.165, 1.54) is 6.42 Å². The Bertz CT molecular complexity index is 112. The van der Waals surface area contributed by atoms with Crippen molar-refractivity contribution >= 4 is 0 Å². The Morgan fingerprint density at radius 1 is 1.42 bits per heavy atom. The van der Waals surface area contributed by atoms with E-state index in [0.717, 1.165) is 19.5 Å². The standard InChI is InChI=1S/C8H18N2O2/c11-5-8(6-12)10-7-2-1-3-9-4-7/h7-12H,1-6H2. The van der Waals surface area contributed by atoms with Gasteiger partial charge in [0.2, 0.25) is 0 Å². The topological polar surface area (TPSA) is 64.5 Å². The van der Waals surface area contributed by atoms with Gasteiger partial charge >= 0.3 is 0 Å². The summed E-state index contributed by atoms with van der Waals surface area (Å²) >= 11 is 0. The summed E-state index contributed by atoms with van der Waals surface area (Å²) in [4.78, 5) is 0. The molecular weight excluding hydrogens is 156 g/mol. The van der Waals surface area contributed by atoms with Gasteiger partial charge in [-0.1, -0.05) is 0 Å². The maximum Gasteiger partial charge on any atom is 0.0607 e. The Labute approximate surface area is 73.0 Å². The van der Waals surface area contributed by atoms with E-state index < -0.39 is 0 Å². The molecule has 1 saturated heterocycles. The second kappa shape index (κ2) is 5.48. The van der Waals surface area contributed by atoms with Crippen LogP contribution < -0.4 is 10.6 Å². The number of piperidine rings is 1. The lowest BCUT2D eigenvalue weighted by Gasteiger charge is -2.27. The van der Waals surface area contributed by atoms with Gasteiger partial charge in [-0.3, -0.25) is 0 Å². The fraction of sp³-hybridized carbons (Fsp3) is 1.00. The van der Waals surface area contributed by atoms with Gasteiger partial charge in [-0.05, 0) is 19.4 Å². The second-order valence-electron chi connectivity index (χ2n) is 3.27. The fourth-order valence-corrected chi connectivity index (χ4v) is 1.49. The molecule has 0 saturated carbocycles. The number of hydrogen-bond acceptors (Lipinski definition) is 4. The van der Waals surface area contributed by atoms with Crippen LogP contribution >= 0.6 is 0 Å². The third kappa shape index (κ3) is 3.06. The molecule has 72 valence electrons. The monoisotopic (exact) mass is 174 g/mol. The van der Waals surface area contributed by atoms with Gasteiger partial charge in [0.25, 0.3) is 0 Å². The van der Waals surface area contributed by atoms with Crippen LogP contribution in [-0.2, 0) is 0 Å². The lowest BCUT2D eigenvalue weighted by Crippen LogP contribution is -2.49. The first-order valence-electron chi connectivity index (χ1n) is 4.55. The summed E-state index contributed by atoms with van der Waals surface area (Å²) in [7, 11) is 0. The normalized spacial score (nSPS) is 24.8. The van der Waals surface area contributed by atoms with Crippen LogP contribution in [0.1, 0.15) is 12.8 Å². The highest BCUT2D eigenvalue weighted by molar-refractivity contribution is 4.78. The van der Waals surface area contributed by atoms with Gasteiger partial charge in [0.05, 0.1) is 19.3 Å². The van der Waals surface area contributed by atoms with Crippen molar-refractivity contribution in [2.75, 3.05) is 26.3 Å². The van der Waals surface area contributed by atoms with E-state index in [4.69, 9.17) is 10.2 Å². The summed E-state index contributed by atoms with van der Waals surface area (Å²) in [6.45, 7) is 2.04. The highest BCUT2D eigenvalue weighted by atomic mass is 16.3. The molecule has 1 atom stereocenters. The molecule has 0 aromatic rings. The Balaban J connectivity index is 2.18. The molecule has 1 unspecified atom stereocenters. The molecule has 0 amide bonds. The quantitative estimate of drug-likeness (QED) is 0.427. The molecule has 4 nitrogen and oxygen atoms in total. The highest BCUT2D eigenvalue weighted by Gasteiger charge is 2.15. The Morgan fingerprint density at radius 3 is 2.67 bits per heavy atom. The highest BCUT2D eigenvalue weighted by Crippen LogP contribution is 2.01. The molecule has 0 radical (unpaired) electrons. The number of nitrogens with one attached hydrogen (secondary N) is 2. The molecule has 0 spiro atoms. The summed E-state index contributed by atoms with van der Waals surface area (Å²) in [5.74, 6) is 0.